The number of nitrogens with zero attached hydrogens (tertiary/aromatic N) is 1. The van der Waals surface area contributed by atoms with Gasteiger partial charge in [-0.15, -0.1) is 0 Å². The van der Waals surface area contributed by atoms with Gasteiger partial charge in [-0.3, -0.25) is 9.59 Å². The third kappa shape index (κ3) is 4.97. The van der Waals surface area contributed by atoms with E-state index >= 15 is 0 Å². The summed E-state index contributed by atoms with van der Waals surface area (Å²) in [5.41, 5.74) is 4.69. The summed E-state index contributed by atoms with van der Waals surface area (Å²) in [5, 5.41) is 3.06. The molecule has 4 heteroatoms. The van der Waals surface area contributed by atoms with Crippen molar-refractivity contribution < 1.29 is 9.59 Å². The fourth-order valence-corrected chi connectivity index (χ4v) is 3.87. The van der Waals surface area contributed by atoms with Gasteiger partial charge in [0.25, 0.3) is 0 Å². The van der Waals surface area contributed by atoms with Gasteiger partial charge in [0.2, 0.25) is 11.8 Å². The molecule has 2 atom stereocenters. The molecule has 2 aromatic carbocycles. The number of rotatable bonds is 4. The van der Waals surface area contributed by atoms with Gasteiger partial charge in [-0.2, -0.15) is 0 Å². The maximum Gasteiger partial charge on any atom is 0.225 e. The first-order valence-electron chi connectivity index (χ1n) is 9.57. The van der Waals surface area contributed by atoms with Crippen molar-refractivity contribution in [1.82, 2.24) is 10.2 Å². The lowest BCUT2D eigenvalue weighted by Crippen LogP contribution is -2.47. The van der Waals surface area contributed by atoms with Crippen molar-refractivity contribution in [2.24, 2.45) is 5.92 Å². The van der Waals surface area contributed by atoms with Gasteiger partial charge >= 0.3 is 0 Å². The number of benzene rings is 2. The van der Waals surface area contributed by atoms with E-state index in [1.165, 1.54) is 16.7 Å². The summed E-state index contributed by atoms with van der Waals surface area (Å²) in [6, 6.07) is 16.5. The van der Waals surface area contributed by atoms with Gasteiger partial charge in [0.15, 0.2) is 0 Å². The molecule has 0 aromatic heterocycles. The molecular formula is C23H28N2O2. The Labute approximate surface area is 161 Å². The normalized spacial score (nSPS) is 19.6. The average Bonchev–Trinajstić information content (AvgIpc) is 2.65. The Morgan fingerprint density at radius 2 is 1.74 bits per heavy atom. The second kappa shape index (κ2) is 8.38. The number of likely N-dealkylation sites (tertiary alicyclic amines) is 1. The van der Waals surface area contributed by atoms with E-state index in [1.54, 1.807) is 6.92 Å². The van der Waals surface area contributed by atoms with Crippen LogP contribution in [0.5, 0.6) is 0 Å². The first kappa shape index (κ1) is 19.2. The van der Waals surface area contributed by atoms with Gasteiger partial charge in [0.05, 0.1) is 5.92 Å². The molecule has 2 amide bonds. The summed E-state index contributed by atoms with van der Waals surface area (Å²) in [6.45, 7) is 7.40. The molecule has 0 radical (unpaired) electrons. The molecule has 0 saturated carbocycles. The largest absolute Gasteiger partial charge is 0.352 e. The van der Waals surface area contributed by atoms with Gasteiger partial charge in [-0.25, -0.2) is 0 Å². The fourth-order valence-electron chi connectivity index (χ4n) is 3.87. The lowest BCUT2D eigenvalue weighted by Gasteiger charge is -2.37. The molecule has 0 aliphatic carbocycles. The Hall–Kier alpha value is -2.62. The van der Waals surface area contributed by atoms with Crippen LogP contribution in [0.1, 0.15) is 41.5 Å². The summed E-state index contributed by atoms with van der Waals surface area (Å²) in [6.07, 6.45) is 0.771. The summed E-state index contributed by atoms with van der Waals surface area (Å²) in [7, 11) is 0. The zero-order valence-corrected chi connectivity index (χ0v) is 16.4. The van der Waals surface area contributed by atoms with E-state index in [0.29, 0.717) is 19.6 Å². The van der Waals surface area contributed by atoms with E-state index in [1.807, 2.05) is 36.1 Å². The zero-order valence-electron chi connectivity index (χ0n) is 16.4. The number of hydrogen-bond donors (Lipinski definition) is 1. The van der Waals surface area contributed by atoms with Crippen molar-refractivity contribution in [2.75, 3.05) is 13.1 Å². The fraction of sp³-hybridized carbons (Fsp3) is 0.391. The lowest BCUT2D eigenvalue weighted by molar-refractivity contribution is -0.134. The van der Waals surface area contributed by atoms with Crippen LogP contribution in [0, 0.1) is 19.8 Å². The molecule has 1 saturated heterocycles. The van der Waals surface area contributed by atoms with Gasteiger partial charge in [0.1, 0.15) is 0 Å². The maximum atomic E-state index is 12.8. The molecule has 1 aliphatic heterocycles. The van der Waals surface area contributed by atoms with Crippen LogP contribution in [0.15, 0.2) is 48.5 Å². The van der Waals surface area contributed by atoms with Crippen LogP contribution in [-0.2, 0) is 16.1 Å². The number of carbonyl (C=O) groups excluding carboxylic acids is 2. The summed E-state index contributed by atoms with van der Waals surface area (Å²) >= 11 is 0. The molecule has 1 N–H and O–H groups in total. The molecule has 1 aliphatic rings. The first-order chi connectivity index (χ1) is 12.9. The van der Waals surface area contributed by atoms with E-state index in [4.69, 9.17) is 0 Å². The van der Waals surface area contributed by atoms with Crippen LogP contribution >= 0.6 is 0 Å². The quantitative estimate of drug-likeness (QED) is 0.902. The van der Waals surface area contributed by atoms with Crippen molar-refractivity contribution in [3.8, 4) is 0 Å². The van der Waals surface area contributed by atoms with Crippen molar-refractivity contribution >= 4 is 11.8 Å². The highest BCUT2D eigenvalue weighted by Gasteiger charge is 2.33. The van der Waals surface area contributed by atoms with Crippen LogP contribution in [0.3, 0.4) is 0 Å². The number of piperidine rings is 1. The molecule has 27 heavy (non-hydrogen) atoms. The Kier molecular flexibility index (Phi) is 5.94. The molecule has 2 aromatic rings. The number of amides is 2. The Balaban J connectivity index is 1.70. The zero-order chi connectivity index (χ0) is 19.4. The van der Waals surface area contributed by atoms with Crippen LogP contribution < -0.4 is 5.32 Å². The molecule has 2 unspecified atom stereocenters. The molecule has 1 fully saturated rings. The summed E-state index contributed by atoms with van der Waals surface area (Å²) in [4.78, 5) is 26.7. The first-order valence-corrected chi connectivity index (χ1v) is 9.57. The molecule has 142 valence electrons. The standard InChI is InChI=1S/C23H28N2O2/c1-16-6-4-8-19(10-16)13-24-23(27)22-12-21(14-25(15-22)18(3)26)20-9-5-7-17(2)11-20/h4-11,21-22H,12-15H2,1-3H3,(H,24,27). The van der Waals surface area contributed by atoms with Crippen molar-refractivity contribution in [1.29, 1.82) is 0 Å². The number of aryl methyl sites for hydroxylation is 2. The van der Waals surface area contributed by atoms with E-state index in [9.17, 15) is 9.59 Å². The van der Waals surface area contributed by atoms with Gasteiger partial charge in [-0.1, -0.05) is 59.7 Å². The highest BCUT2D eigenvalue weighted by atomic mass is 16.2. The molecular weight excluding hydrogens is 336 g/mol. The topological polar surface area (TPSA) is 49.4 Å². The van der Waals surface area contributed by atoms with E-state index in [0.717, 1.165) is 12.0 Å². The predicted octanol–water partition coefficient (Wildman–Crippen LogP) is 3.57. The summed E-state index contributed by atoms with van der Waals surface area (Å²) < 4.78 is 0. The second-order valence-electron chi connectivity index (χ2n) is 7.67. The van der Waals surface area contributed by atoms with Crippen LogP contribution in [0.25, 0.3) is 0 Å². The van der Waals surface area contributed by atoms with E-state index in [2.05, 4.69) is 36.5 Å². The lowest BCUT2D eigenvalue weighted by atomic mass is 9.83. The summed E-state index contributed by atoms with van der Waals surface area (Å²) in [5.74, 6) is 0.0687. The SMILES string of the molecule is CC(=O)N1CC(C(=O)NCc2cccc(C)c2)CC(c2cccc(C)c2)C1. The minimum atomic E-state index is -0.182. The minimum Gasteiger partial charge on any atom is -0.352 e. The van der Waals surface area contributed by atoms with Crippen LogP contribution in [0.2, 0.25) is 0 Å². The second-order valence-corrected chi connectivity index (χ2v) is 7.67. The van der Waals surface area contributed by atoms with Crippen LogP contribution in [-0.4, -0.2) is 29.8 Å². The van der Waals surface area contributed by atoms with Gasteiger partial charge in [-0.05, 0) is 31.4 Å². The molecule has 0 spiro atoms. The monoisotopic (exact) mass is 364 g/mol. The number of carbonyl (C=O) groups is 2. The Morgan fingerprint density at radius 3 is 2.41 bits per heavy atom. The van der Waals surface area contributed by atoms with Crippen LogP contribution in [0.4, 0.5) is 0 Å². The minimum absolute atomic E-state index is 0.0279. The van der Waals surface area contributed by atoms with Crippen molar-refractivity contribution in [3.63, 3.8) is 0 Å². The smallest absolute Gasteiger partial charge is 0.225 e. The number of hydrogen-bond acceptors (Lipinski definition) is 2. The van der Waals surface area contributed by atoms with Crippen molar-refractivity contribution in [3.05, 3.63) is 70.8 Å². The average molecular weight is 364 g/mol. The highest BCUT2D eigenvalue weighted by Crippen LogP contribution is 2.31. The predicted molar refractivity (Wildman–Crippen MR) is 107 cm³/mol. The number of nitrogens with one attached hydrogen (secondary N) is 1. The Morgan fingerprint density at radius 1 is 1.04 bits per heavy atom. The third-order valence-corrected chi connectivity index (χ3v) is 5.33. The highest BCUT2D eigenvalue weighted by molar-refractivity contribution is 5.81. The van der Waals surface area contributed by atoms with E-state index < -0.39 is 0 Å². The van der Waals surface area contributed by atoms with Crippen molar-refractivity contribution in [2.45, 2.75) is 39.7 Å². The molecule has 3 rings (SSSR count). The van der Waals surface area contributed by atoms with E-state index in [-0.39, 0.29) is 23.7 Å². The van der Waals surface area contributed by atoms with Gasteiger partial charge < -0.3 is 10.2 Å². The molecule has 4 nitrogen and oxygen atoms in total. The van der Waals surface area contributed by atoms with Gasteiger partial charge in [0, 0.05) is 32.5 Å². The molecule has 1 heterocycles. The Bertz CT molecular complexity index is 831. The maximum absolute atomic E-state index is 12.8. The molecule has 0 bridgehead atoms. The third-order valence-electron chi connectivity index (χ3n) is 5.33.